The van der Waals surface area contributed by atoms with E-state index >= 15 is 0 Å². The third-order valence-corrected chi connectivity index (χ3v) is 8.38. The van der Waals surface area contributed by atoms with Gasteiger partial charge in [0, 0.05) is 71.1 Å². The number of piperidine rings is 1. The molecule has 1 fully saturated rings. The van der Waals surface area contributed by atoms with Crippen molar-refractivity contribution in [1.29, 1.82) is 0 Å². The maximum Gasteiger partial charge on any atom is 0.319 e. The number of fused-ring (bicyclic) bond motifs is 1. The van der Waals surface area contributed by atoms with Gasteiger partial charge in [0.15, 0.2) is 0 Å². The van der Waals surface area contributed by atoms with Crippen LogP contribution in [0, 0.1) is 0 Å². The zero-order chi connectivity index (χ0) is 29.3. The summed E-state index contributed by atoms with van der Waals surface area (Å²) in [7, 11) is 3.43. The summed E-state index contributed by atoms with van der Waals surface area (Å²) in [5.41, 5.74) is 1.77. The number of amides is 4. The number of benzene rings is 3. The highest BCUT2D eigenvalue weighted by molar-refractivity contribution is 9.10. The Kier molecular flexibility index (Phi) is 8.50. The fraction of sp³-hybridized carbons (Fsp3) is 0.300. The molecule has 2 atom stereocenters. The second-order valence-electron chi connectivity index (χ2n) is 10.6. The molecule has 0 radical (unpaired) electrons. The molecule has 2 aliphatic heterocycles. The summed E-state index contributed by atoms with van der Waals surface area (Å²) in [6.45, 7) is 1.08. The van der Waals surface area contributed by atoms with Crippen LogP contribution in [-0.4, -0.2) is 60.9 Å². The van der Waals surface area contributed by atoms with E-state index in [1.54, 1.807) is 55.4 Å². The number of likely N-dealkylation sites (tertiary alicyclic amines) is 1. The number of carbonyl (C=O) groups excluding carboxylic acids is 3. The van der Waals surface area contributed by atoms with Gasteiger partial charge in [0.25, 0.3) is 11.8 Å². The van der Waals surface area contributed by atoms with Crippen LogP contribution in [0.15, 0.2) is 65.1 Å². The van der Waals surface area contributed by atoms with Crippen LogP contribution >= 0.6 is 39.1 Å². The lowest BCUT2D eigenvalue weighted by atomic mass is 9.84. The van der Waals surface area contributed by atoms with E-state index in [4.69, 9.17) is 23.2 Å². The highest BCUT2D eigenvalue weighted by Gasteiger charge is 2.47. The van der Waals surface area contributed by atoms with Crippen LogP contribution < -0.4 is 16.0 Å². The van der Waals surface area contributed by atoms with Gasteiger partial charge >= 0.3 is 6.03 Å². The SMILES string of the molecule is CN(C)C(=O)N1CCCC(NC(=O)c2ccc(Br)cc2NC2(Cc3cccc(Cl)c3)C(=O)Nc3cc(Cl)ccc32)C1. The second kappa shape index (κ2) is 11.9. The number of urea groups is 1. The number of hydrogen-bond acceptors (Lipinski definition) is 4. The predicted octanol–water partition coefficient (Wildman–Crippen LogP) is 6.13. The van der Waals surface area contributed by atoms with Gasteiger partial charge in [-0.25, -0.2) is 4.79 Å². The van der Waals surface area contributed by atoms with Gasteiger partial charge in [-0.05, 0) is 60.9 Å². The largest absolute Gasteiger partial charge is 0.367 e. The molecule has 0 bridgehead atoms. The van der Waals surface area contributed by atoms with Gasteiger partial charge in [-0.1, -0.05) is 57.3 Å². The molecule has 41 heavy (non-hydrogen) atoms. The molecule has 0 aromatic heterocycles. The minimum atomic E-state index is -1.25. The van der Waals surface area contributed by atoms with Crippen molar-refractivity contribution in [3.63, 3.8) is 0 Å². The third-order valence-electron chi connectivity index (χ3n) is 7.42. The quantitative estimate of drug-likeness (QED) is 0.297. The van der Waals surface area contributed by atoms with Crippen molar-refractivity contribution in [1.82, 2.24) is 15.1 Å². The first-order valence-corrected chi connectivity index (χ1v) is 14.8. The zero-order valence-electron chi connectivity index (χ0n) is 22.6. The smallest absolute Gasteiger partial charge is 0.319 e. The van der Waals surface area contributed by atoms with Crippen LogP contribution in [-0.2, 0) is 16.8 Å². The van der Waals surface area contributed by atoms with Gasteiger partial charge in [0.2, 0.25) is 0 Å². The molecule has 8 nitrogen and oxygen atoms in total. The summed E-state index contributed by atoms with van der Waals surface area (Å²) in [6, 6.07) is 17.7. The molecule has 1 saturated heterocycles. The number of nitrogens with one attached hydrogen (secondary N) is 3. The first kappa shape index (κ1) is 29.2. The topological polar surface area (TPSA) is 93.8 Å². The molecule has 0 spiro atoms. The first-order valence-electron chi connectivity index (χ1n) is 13.3. The summed E-state index contributed by atoms with van der Waals surface area (Å²) in [5.74, 6) is -0.567. The van der Waals surface area contributed by atoms with Crippen molar-refractivity contribution < 1.29 is 14.4 Å². The number of hydrogen-bond donors (Lipinski definition) is 3. The first-order chi connectivity index (χ1) is 19.6. The number of carbonyl (C=O) groups is 3. The molecular formula is C30H30BrCl2N5O3. The Bertz CT molecular complexity index is 1520. The van der Waals surface area contributed by atoms with E-state index in [1.807, 2.05) is 24.3 Å². The lowest BCUT2D eigenvalue weighted by molar-refractivity contribution is -0.119. The van der Waals surface area contributed by atoms with E-state index < -0.39 is 5.54 Å². The molecule has 2 aliphatic rings. The van der Waals surface area contributed by atoms with Crippen LogP contribution in [0.3, 0.4) is 0 Å². The summed E-state index contributed by atoms with van der Waals surface area (Å²) in [5, 5.41) is 10.6. The fourth-order valence-corrected chi connectivity index (χ4v) is 6.25. The van der Waals surface area contributed by atoms with Crippen molar-refractivity contribution in [2.24, 2.45) is 0 Å². The maximum atomic E-state index is 13.8. The van der Waals surface area contributed by atoms with Gasteiger partial charge in [0.05, 0.1) is 5.56 Å². The third kappa shape index (κ3) is 6.17. The van der Waals surface area contributed by atoms with Crippen molar-refractivity contribution in [2.75, 3.05) is 37.8 Å². The van der Waals surface area contributed by atoms with Crippen LogP contribution in [0.2, 0.25) is 10.0 Å². The molecule has 4 amide bonds. The Morgan fingerprint density at radius 3 is 2.63 bits per heavy atom. The number of halogens is 3. The summed E-state index contributed by atoms with van der Waals surface area (Å²) in [6.07, 6.45) is 1.82. The molecule has 11 heteroatoms. The number of nitrogens with zero attached hydrogens (tertiary/aromatic N) is 2. The maximum absolute atomic E-state index is 13.8. The van der Waals surface area contributed by atoms with E-state index in [0.29, 0.717) is 45.6 Å². The van der Waals surface area contributed by atoms with Crippen molar-refractivity contribution >= 4 is 68.4 Å². The van der Waals surface area contributed by atoms with Crippen molar-refractivity contribution in [3.05, 3.63) is 91.9 Å². The van der Waals surface area contributed by atoms with E-state index in [1.165, 1.54) is 4.90 Å². The summed E-state index contributed by atoms with van der Waals surface area (Å²) in [4.78, 5) is 43.3. The lowest BCUT2D eigenvalue weighted by Gasteiger charge is -2.35. The Morgan fingerprint density at radius 2 is 1.88 bits per heavy atom. The molecular weight excluding hydrogens is 629 g/mol. The van der Waals surface area contributed by atoms with Crippen LogP contribution in [0.5, 0.6) is 0 Å². The Labute approximate surface area is 257 Å². The lowest BCUT2D eigenvalue weighted by Crippen LogP contribution is -2.52. The van der Waals surface area contributed by atoms with E-state index in [9.17, 15) is 14.4 Å². The minimum absolute atomic E-state index is 0.0797. The van der Waals surface area contributed by atoms with Gasteiger partial charge in [-0.3, -0.25) is 9.59 Å². The Hall–Kier alpha value is -3.27. The molecule has 0 saturated carbocycles. The molecule has 3 aromatic rings. The van der Waals surface area contributed by atoms with Gasteiger partial charge in [0.1, 0.15) is 5.54 Å². The molecule has 2 unspecified atom stereocenters. The van der Waals surface area contributed by atoms with Crippen molar-refractivity contribution in [2.45, 2.75) is 30.8 Å². The molecule has 214 valence electrons. The predicted molar refractivity (Wildman–Crippen MR) is 166 cm³/mol. The summed E-state index contributed by atoms with van der Waals surface area (Å²) < 4.78 is 0.740. The van der Waals surface area contributed by atoms with Crippen molar-refractivity contribution in [3.8, 4) is 0 Å². The Morgan fingerprint density at radius 1 is 1.10 bits per heavy atom. The van der Waals surface area contributed by atoms with Gasteiger partial charge in [-0.2, -0.15) is 0 Å². The van der Waals surface area contributed by atoms with Gasteiger partial charge < -0.3 is 25.8 Å². The van der Waals surface area contributed by atoms with E-state index in [-0.39, 0.29) is 30.3 Å². The highest BCUT2D eigenvalue weighted by Crippen LogP contribution is 2.43. The molecule has 2 heterocycles. The zero-order valence-corrected chi connectivity index (χ0v) is 25.7. The summed E-state index contributed by atoms with van der Waals surface area (Å²) >= 11 is 16.1. The number of rotatable bonds is 6. The highest BCUT2D eigenvalue weighted by atomic mass is 79.9. The van der Waals surface area contributed by atoms with E-state index in [2.05, 4.69) is 31.9 Å². The second-order valence-corrected chi connectivity index (χ2v) is 12.4. The molecule has 3 N–H and O–H groups in total. The molecule has 3 aromatic carbocycles. The Balaban J connectivity index is 1.49. The monoisotopic (exact) mass is 657 g/mol. The number of anilines is 2. The van der Waals surface area contributed by atoms with Crippen LogP contribution in [0.4, 0.5) is 16.2 Å². The van der Waals surface area contributed by atoms with E-state index in [0.717, 1.165) is 22.9 Å². The fourth-order valence-electron chi connectivity index (χ4n) is 5.50. The van der Waals surface area contributed by atoms with Crippen LogP contribution in [0.25, 0.3) is 0 Å². The standard InChI is InChI=1S/C30H30BrCl2N5O3/c1-37(2)29(41)38-12-4-7-22(17-38)34-27(39)23-10-8-19(31)14-25(23)36-30(16-18-5-3-6-20(32)13-18)24-11-9-21(33)15-26(24)35-28(30)40/h3,5-6,8-11,13-15,22,36H,4,7,12,16-17H2,1-2H3,(H,34,39)(H,35,40). The molecule has 0 aliphatic carbocycles. The molecule has 5 rings (SSSR count). The van der Waals surface area contributed by atoms with Gasteiger partial charge in [-0.15, -0.1) is 0 Å². The van der Waals surface area contributed by atoms with Crippen LogP contribution in [0.1, 0.15) is 34.3 Å². The normalized spacial score (nSPS) is 19.8. The minimum Gasteiger partial charge on any atom is -0.367 e. The average Bonchev–Trinajstić information content (AvgIpc) is 3.17. The average molecular weight is 659 g/mol.